The van der Waals surface area contributed by atoms with Crippen LogP contribution < -0.4 is 20.1 Å². The van der Waals surface area contributed by atoms with Crippen LogP contribution >= 0.6 is 15.9 Å². The van der Waals surface area contributed by atoms with E-state index >= 15 is 0 Å². The summed E-state index contributed by atoms with van der Waals surface area (Å²) in [6.07, 6.45) is 1.62. The number of hydrogen-bond acceptors (Lipinski definition) is 7. The van der Waals surface area contributed by atoms with Crippen LogP contribution in [0.1, 0.15) is 10.5 Å². The maximum atomic E-state index is 12.6. The normalized spacial score (nSPS) is 12.4. The van der Waals surface area contributed by atoms with E-state index in [1.807, 2.05) is 18.2 Å². The second-order valence-electron chi connectivity index (χ2n) is 7.84. The lowest BCUT2D eigenvalue weighted by molar-refractivity contribution is -0.118. The Hall–Kier alpha value is -4.25. The Bertz CT molecular complexity index is 1450. The molecule has 0 aliphatic carbocycles. The molecule has 10 nitrogen and oxygen atoms in total. The number of benzene rings is 2. The van der Waals surface area contributed by atoms with E-state index in [4.69, 9.17) is 9.47 Å². The van der Waals surface area contributed by atoms with E-state index in [0.29, 0.717) is 58.7 Å². The van der Waals surface area contributed by atoms with E-state index < -0.39 is 0 Å². The topological polar surface area (TPSA) is 120 Å². The molecule has 2 aromatic heterocycles. The first-order chi connectivity index (χ1) is 17.5. The van der Waals surface area contributed by atoms with Crippen molar-refractivity contribution in [2.45, 2.75) is 6.54 Å². The first-order valence-corrected chi connectivity index (χ1v) is 11.9. The van der Waals surface area contributed by atoms with Crippen LogP contribution in [0.3, 0.4) is 0 Å². The van der Waals surface area contributed by atoms with Crippen LogP contribution in [0.25, 0.3) is 22.8 Å². The summed E-state index contributed by atoms with van der Waals surface area (Å²) in [5.74, 6) is 0.880. The lowest BCUT2D eigenvalue weighted by Gasteiger charge is -2.13. The van der Waals surface area contributed by atoms with Crippen molar-refractivity contribution in [3.63, 3.8) is 0 Å². The predicted molar refractivity (Wildman–Crippen MR) is 136 cm³/mol. The summed E-state index contributed by atoms with van der Waals surface area (Å²) in [7, 11) is 1.54. The quantitative estimate of drug-likeness (QED) is 0.362. The van der Waals surface area contributed by atoms with Crippen molar-refractivity contribution >= 4 is 33.4 Å². The second kappa shape index (κ2) is 10.2. The molecule has 0 spiro atoms. The number of hydrogen-bond donors (Lipinski definition) is 2. The molecule has 5 rings (SSSR count). The van der Waals surface area contributed by atoms with Gasteiger partial charge in [0.05, 0.1) is 30.6 Å². The number of carbonyl (C=O) groups is 2. The third-order valence-corrected chi connectivity index (χ3v) is 5.96. The van der Waals surface area contributed by atoms with Crippen molar-refractivity contribution in [3.8, 4) is 34.3 Å². The van der Waals surface area contributed by atoms with Crippen molar-refractivity contribution < 1.29 is 19.1 Å². The van der Waals surface area contributed by atoms with Crippen LogP contribution in [-0.2, 0) is 11.3 Å². The number of anilines is 1. The fourth-order valence-corrected chi connectivity index (χ4v) is 4.13. The Kier molecular flexibility index (Phi) is 6.63. The van der Waals surface area contributed by atoms with Crippen molar-refractivity contribution in [3.05, 3.63) is 71.0 Å². The zero-order valence-corrected chi connectivity index (χ0v) is 20.8. The molecule has 4 aromatic rings. The minimum Gasteiger partial charge on any atom is -0.495 e. The van der Waals surface area contributed by atoms with Gasteiger partial charge in [0, 0.05) is 17.2 Å². The maximum Gasteiger partial charge on any atom is 0.269 e. The highest BCUT2D eigenvalue weighted by molar-refractivity contribution is 9.10. The van der Waals surface area contributed by atoms with Crippen LogP contribution in [0.15, 0.2) is 65.3 Å². The van der Waals surface area contributed by atoms with Gasteiger partial charge in [0.15, 0.2) is 12.4 Å². The zero-order chi connectivity index (χ0) is 25.1. The summed E-state index contributed by atoms with van der Waals surface area (Å²) in [5, 5.41) is 10.1. The van der Waals surface area contributed by atoms with Gasteiger partial charge in [-0.15, -0.1) is 0 Å². The van der Waals surface area contributed by atoms with Crippen molar-refractivity contribution in [1.82, 2.24) is 25.1 Å². The molecule has 2 N–H and O–H groups in total. The van der Waals surface area contributed by atoms with Crippen LogP contribution in [0, 0.1) is 0 Å². The fourth-order valence-electron chi connectivity index (χ4n) is 3.77. The number of carbonyl (C=O) groups excluding carboxylic acids is 2. The number of nitrogens with zero attached hydrogens (tertiary/aromatic N) is 4. The van der Waals surface area contributed by atoms with Gasteiger partial charge in [-0.3, -0.25) is 14.3 Å². The third kappa shape index (κ3) is 4.91. The first-order valence-electron chi connectivity index (χ1n) is 11.1. The Labute approximate surface area is 214 Å². The molecule has 0 radical (unpaired) electrons. The summed E-state index contributed by atoms with van der Waals surface area (Å²) in [5.41, 5.74) is 2.77. The maximum absolute atomic E-state index is 12.6. The summed E-state index contributed by atoms with van der Waals surface area (Å²) in [6.45, 7) is 0.903. The number of nitrogens with one attached hydrogen (secondary N) is 2. The number of para-hydroxylation sites is 2. The fraction of sp³-hybridized carbons (Fsp3) is 0.160. The average Bonchev–Trinajstić information content (AvgIpc) is 3.34. The van der Waals surface area contributed by atoms with E-state index in [1.54, 1.807) is 47.3 Å². The van der Waals surface area contributed by atoms with Crippen LogP contribution in [0.5, 0.6) is 11.5 Å². The molecule has 0 saturated carbocycles. The molecule has 2 aromatic carbocycles. The number of rotatable bonds is 7. The smallest absolute Gasteiger partial charge is 0.269 e. The van der Waals surface area contributed by atoms with Crippen molar-refractivity contribution in [1.29, 1.82) is 0 Å². The molecular formula is C25H21BrN6O4. The third-order valence-electron chi connectivity index (χ3n) is 5.46. The second-order valence-corrected chi connectivity index (χ2v) is 8.75. The highest BCUT2D eigenvalue weighted by Crippen LogP contribution is 2.32. The largest absolute Gasteiger partial charge is 0.495 e. The molecule has 182 valence electrons. The highest BCUT2D eigenvalue weighted by Gasteiger charge is 2.21. The van der Waals surface area contributed by atoms with E-state index in [-0.39, 0.29) is 18.4 Å². The highest BCUT2D eigenvalue weighted by atomic mass is 79.9. The molecule has 0 bridgehead atoms. The van der Waals surface area contributed by atoms with Gasteiger partial charge in [0.2, 0.25) is 0 Å². The number of aromatic nitrogens is 4. The van der Waals surface area contributed by atoms with Gasteiger partial charge < -0.3 is 20.1 Å². The van der Waals surface area contributed by atoms with Crippen molar-refractivity contribution in [2.75, 3.05) is 25.6 Å². The van der Waals surface area contributed by atoms with Gasteiger partial charge in [0.25, 0.3) is 11.8 Å². The molecule has 0 saturated heterocycles. The van der Waals surface area contributed by atoms with E-state index in [9.17, 15) is 9.59 Å². The number of methoxy groups -OCH3 is 1. The number of fused-ring (bicyclic) bond motifs is 1. The van der Waals surface area contributed by atoms with E-state index in [1.165, 1.54) is 7.11 Å². The average molecular weight is 549 g/mol. The summed E-state index contributed by atoms with van der Waals surface area (Å²) >= 11 is 3.48. The SMILES string of the molecule is COc1ccccc1NC(=O)COc1ccc(Br)cc1-c1nccc(-c2cc3n(n2)CCNC3=O)n1. The summed E-state index contributed by atoms with van der Waals surface area (Å²) < 4.78 is 13.6. The zero-order valence-electron chi connectivity index (χ0n) is 19.2. The lowest BCUT2D eigenvalue weighted by atomic mass is 10.1. The van der Waals surface area contributed by atoms with Gasteiger partial charge in [-0.25, -0.2) is 9.97 Å². The Morgan fingerprint density at radius 1 is 1.14 bits per heavy atom. The molecule has 3 heterocycles. The van der Waals surface area contributed by atoms with E-state index in [0.717, 1.165) is 4.47 Å². The molecule has 0 unspecified atom stereocenters. The lowest BCUT2D eigenvalue weighted by Crippen LogP contribution is -2.35. The van der Waals surface area contributed by atoms with Crippen LogP contribution in [-0.4, -0.2) is 51.8 Å². The molecule has 1 aliphatic rings. The molecule has 36 heavy (non-hydrogen) atoms. The Morgan fingerprint density at radius 3 is 2.83 bits per heavy atom. The van der Waals surface area contributed by atoms with Gasteiger partial charge in [-0.2, -0.15) is 5.10 Å². The van der Waals surface area contributed by atoms with Gasteiger partial charge in [0.1, 0.15) is 22.9 Å². The Balaban J connectivity index is 1.38. The Morgan fingerprint density at radius 2 is 2.00 bits per heavy atom. The molecular weight excluding hydrogens is 528 g/mol. The van der Waals surface area contributed by atoms with Crippen molar-refractivity contribution in [2.24, 2.45) is 0 Å². The molecule has 11 heteroatoms. The molecule has 2 amide bonds. The number of ether oxygens (including phenoxy) is 2. The monoisotopic (exact) mass is 548 g/mol. The van der Waals surface area contributed by atoms with Crippen LogP contribution in [0.2, 0.25) is 0 Å². The minimum absolute atomic E-state index is 0.164. The molecule has 1 aliphatic heterocycles. The number of amides is 2. The van der Waals surface area contributed by atoms with Gasteiger partial charge >= 0.3 is 0 Å². The predicted octanol–water partition coefficient (Wildman–Crippen LogP) is 3.54. The number of halogens is 1. The van der Waals surface area contributed by atoms with Gasteiger partial charge in [-0.05, 0) is 42.5 Å². The summed E-state index contributed by atoms with van der Waals surface area (Å²) in [6, 6.07) is 15.9. The van der Waals surface area contributed by atoms with Crippen LogP contribution in [0.4, 0.5) is 5.69 Å². The summed E-state index contributed by atoms with van der Waals surface area (Å²) in [4.78, 5) is 33.7. The standard InChI is InChI=1S/C25H21BrN6O4/c1-35-22-5-3-2-4-18(22)29-23(33)14-36-21-7-6-15(26)12-16(21)24-27-9-8-17(30-24)19-13-20-25(34)28-10-11-32(20)31-19/h2-9,12-13H,10-11,14H2,1H3,(H,28,34)(H,29,33). The molecule has 0 fully saturated rings. The first kappa shape index (κ1) is 23.5. The van der Waals surface area contributed by atoms with E-state index in [2.05, 4.69) is 41.6 Å². The van der Waals surface area contributed by atoms with Gasteiger partial charge in [-0.1, -0.05) is 28.1 Å². The minimum atomic E-state index is -0.343. The molecule has 0 atom stereocenters.